The molecule has 8 nitrogen and oxygen atoms in total. The number of fused-ring (bicyclic) bond motifs is 1. The van der Waals surface area contributed by atoms with Crippen molar-refractivity contribution in [1.82, 2.24) is 29.8 Å². The molecule has 0 spiro atoms. The molecule has 0 aliphatic carbocycles. The highest BCUT2D eigenvalue weighted by Gasteiger charge is 2.19. The van der Waals surface area contributed by atoms with Gasteiger partial charge in [-0.1, -0.05) is 0 Å². The molecule has 2 aliphatic heterocycles. The zero-order valence-corrected chi connectivity index (χ0v) is 15.7. The van der Waals surface area contributed by atoms with Crippen molar-refractivity contribution in [2.45, 2.75) is 6.42 Å². The SMILES string of the molecule is c1cc(-c2ccc(C3=NCCN3)c3nc(CCN4CCOCC4)nn23)ccn1. The van der Waals surface area contributed by atoms with Crippen molar-refractivity contribution in [3.8, 4) is 11.3 Å². The number of pyridine rings is 2. The number of rotatable bonds is 5. The van der Waals surface area contributed by atoms with Gasteiger partial charge in [-0.2, -0.15) is 5.10 Å². The maximum atomic E-state index is 5.43. The number of aliphatic imine (C=N–C) groups is 1. The molecule has 1 N–H and O–H groups in total. The molecule has 8 heteroatoms. The van der Waals surface area contributed by atoms with E-state index in [0.29, 0.717) is 0 Å². The quantitative estimate of drug-likeness (QED) is 0.715. The molecule has 1 saturated heterocycles. The number of hydrogen-bond donors (Lipinski definition) is 1. The lowest BCUT2D eigenvalue weighted by molar-refractivity contribution is 0.0382. The average Bonchev–Trinajstić information content (AvgIpc) is 3.43. The van der Waals surface area contributed by atoms with Crippen LogP contribution in [0.2, 0.25) is 0 Å². The Hall–Kier alpha value is -2.84. The first kappa shape index (κ1) is 17.3. The molecular weight excluding hydrogens is 354 g/mol. The minimum absolute atomic E-state index is 0.797. The van der Waals surface area contributed by atoms with Gasteiger partial charge in [0.15, 0.2) is 11.5 Å². The molecule has 0 unspecified atom stereocenters. The summed E-state index contributed by atoms with van der Waals surface area (Å²) in [6, 6.07) is 8.16. The van der Waals surface area contributed by atoms with Gasteiger partial charge < -0.3 is 10.1 Å². The fourth-order valence-electron chi connectivity index (χ4n) is 3.70. The summed E-state index contributed by atoms with van der Waals surface area (Å²) in [5.74, 6) is 1.76. The number of aromatic nitrogens is 4. The summed E-state index contributed by atoms with van der Waals surface area (Å²) in [5.41, 5.74) is 3.92. The highest BCUT2D eigenvalue weighted by Crippen LogP contribution is 2.22. The first-order valence-electron chi connectivity index (χ1n) is 9.76. The molecule has 0 saturated carbocycles. The Morgan fingerprint density at radius 2 is 1.93 bits per heavy atom. The lowest BCUT2D eigenvalue weighted by Gasteiger charge is -2.25. The molecule has 5 rings (SSSR count). The zero-order valence-electron chi connectivity index (χ0n) is 15.7. The Balaban J connectivity index is 1.52. The standard InChI is InChI=1S/C20H23N7O/c1-2-17(15-3-6-21-7-4-15)27-20(16(1)19-22-8-9-23-19)24-18(25-27)5-10-26-11-13-28-14-12-26/h1-4,6-7H,5,8-14H2,(H,22,23). The summed E-state index contributed by atoms with van der Waals surface area (Å²) in [4.78, 5) is 16.0. The van der Waals surface area contributed by atoms with Crippen LogP contribution in [0.25, 0.3) is 16.9 Å². The van der Waals surface area contributed by atoms with Gasteiger partial charge >= 0.3 is 0 Å². The highest BCUT2D eigenvalue weighted by molar-refractivity contribution is 6.04. The summed E-state index contributed by atoms with van der Waals surface area (Å²) < 4.78 is 7.38. The highest BCUT2D eigenvalue weighted by atomic mass is 16.5. The number of nitrogens with zero attached hydrogens (tertiary/aromatic N) is 6. The zero-order chi connectivity index (χ0) is 18.8. The molecule has 0 atom stereocenters. The number of amidine groups is 1. The van der Waals surface area contributed by atoms with Gasteiger partial charge in [0, 0.05) is 50.6 Å². The van der Waals surface area contributed by atoms with Crippen LogP contribution in [0, 0.1) is 0 Å². The predicted molar refractivity (Wildman–Crippen MR) is 107 cm³/mol. The molecule has 0 amide bonds. The van der Waals surface area contributed by atoms with E-state index in [2.05, 4.69) is 32.3 Å². The minimum Gasteiger partial charge on any atom is -0.379 e. The van der Waals surface area contributed by atoms with Crippen molar-refractivity contribution in [2.24, 2.45) is 4.99 Å². The maximum absolute atomic E-state index is 5.43. The first-order chi connectivity index (χ1) is 13.9. The summed E-state index contributed by atoms with van der Waals surface area (Å²) in [7, 11) is 0. The number of morpholine rings is 1. The average molecular weight is 377 g/mol. The summed E-state index contributed by atoms with van der Waals surface area (Å²) >= 11 is 0. The number of ether oxygens (including phenoxy) is 1. The van der Waals surface area contributed by atoms with Crippen LogP contribution in [0.3, 0.4) is 0 Å². The van der Waals surface area contributed by atoms with Crippen molar-refractivity contribution in [3.05, 3.63) is 48.0 Å². The van der Waals surface area contributed by atoms with Gasteiger partial charge in [0.1, 0.15) is 5.84 Å². The van der Waals surface area contributed by atoms with E-state index in [-0.39, 0.29) is 0 Å². The third-order valence-corrected chi connectivity index (χ3v) is 5.19. The Morgan fingerprint density at radius 3 is 2.71 bits per heavy atom. The molecule has 144 valence electrons. The molecule has 28 heavy (non-hydrogen) atoms. The van der Waals surface area contributed by atoms with Crippen molar-refractivity contribution in [1.29, 1.82) is 0 Å². The lowest BCUT2D eigenvalue weighted by atomic mass is 10.1. The van der Waals surface area contributed by atoms with Crippen molar-refractivity contribution in [2.75, 3.05) is 45.9 Å². The molecule has 3 aromatic heterocycles. The van der Waals surface area contributed by atoms with Crippen molar-refractivity contribution >= 4 is 11.5 Å². The van der Waals surface area contributed by atoms with Crippen LogP contribution in [0.4, 0.5) is 0 Å². The van der Waals surface area contributed by atoms with Crippen LogP contribution in [0.1, 0.15) is 11.4 Å². The molecular formula is C20H23N7O. The molecule has 1 fully saturated rings. The van der Waals surface area contributed by atoms with E-state index in [1.807, 2.05) is 16.6 Å². The Kier molecular flexibility index (Phi) is 4.72. The second kappa shape index (κ2) is 7.65. The minimum atomic E-state index is 0.797. The molecule has 0 aromatic carbocycles. The molecule has 3 aromatic rings. The van der Waals surface area contributed by atoms with Crippen LogP contribution < -0.4 is 5.32 Å². The van der Waals surface area contributed by atoms with Crippen LogP contribution in [-0.2, 0) is 11.2 Å². The predicted octanol–water partition coefficient (Wildman–Crippen LogP) is 1.02. The van der Waals surface area contributed by atoms with Gasteiger partial charge in [-0.15, -0.1) is 0 Å². The number of nitrogens with one attached hydrogen (secondary N) is 1. The number of hydrogen-bond acceptors (Lipinski definition) is 7. The Labute approximate surface area is 163 Å². The van der Waals surface area contributed by atoms with E-state index in [0.717, 1.165) is 86.5 Å². The van der Waals surface area contributed by atoms with Crippen LogP contribution in [-0.4, -0.2) is 76.3 Å². The lowest BCUT2D eigenvalue weighted by Crippen LogP contribution is -2.37. The molecule has 0 radical (unpaired) electrons. The van der Waals surface area contributed by atoms with E-state index in [1.54, 1.807) is 12.4 Å². The van der Waals surface area contributed by atoms with Crippen molar-refractivity contribution in [3.63, 3.8) is 0 Å². The monoisotopic (exact) mass is 377 g/mol. The van der Waals surface area contributed by atoms with Crippen LogP contribution in [0.15, 0.2) is 41.7 Å². The van der Waals surface area contributed by atoms with E-state index in [9.17, 15) is 0 Å². The van der Waals surface area contributed by atoms with Crippen LogP contribution >= 0.6 is 0 Å². The first-order valence-corrected chi connectivity index (χ1v) is 9.76. The largest absolute Gasteiger partial charge is 0.379 e. The summed E-state index contributed by atoms with van der Waals surface area (Å²) in [6.45, 7) is 6.17. The fraction of sp³-hybridized carbons (Fsp3) is 0.400. The smallest absolute Gasteiger partial charge is 0.167 e. The fourth-order valence-corrected chi connectivity index (χ4v) is 3.70. The van der Waals surface area contributed by atoms with E-state index >= 15 is 0 Å². The Bertz CT molecular complexity index is 992. The van der Waals surface area contributed by atoms with E-state index in [4.69, 9.17) is 14.8 Å². The van der Waals surface area contributed by atoms with Gasteiger partial charge in [-0.3, -0.25) is 14.9 Å². The van der Waals surface area contributed by atoms with Gasteiger partial charge in [-0.05, 0) is 24.3 Å². The molecule has 2 aliphatic rings. The van der Waals surface area contributed by atoms with Crippen molar-refractivity contribution < 1.29 is 4.74 Å². The second-order valence-electron chi connectivity index (χ2n) is 6.99. The van der Waals surface area contributed by atoms with E-state index < -0.39 is 0 Å². The second-order valence-corrected chi connectivity index (χ2v) is 6.99. The molecule has 5 heterocycles. The van der Waals surface area contributed by atoms with Gasteiger partial charge in [0.25, 0.3) is 0 Å². The molecule has 0 bridgehead atoms. The third-order valence-electron chi connectivity index (χ3n) is 5.19. The normalized spacial score (nSPS) is 17.6. The topological polar surface area (TPSA) is 79.9 Å². The Morgan fingerprint density at radius 1 is 1.07 bits per heavy atom. The van der Waals surface area contributed by atoms with Gasteiger partial charge in [0.05, 0.1) is 31.0 Å². The third kappa shape index (κ3) is 3.36. The van der Waals surface area contributed by atoms with Gasteiger partial charge in [-0.25, -0.2) is 9.50 Å². The van der Waals surface area contributed by atoms with E-state index in [1.165, 1.54) is 0 Å². The maximum Gasteiger partial charge on any atom is 0.167 e. The summed E-state index contributed by atoms with van der Waals surface area (Å²) in [6.07, 6.45) is 4.42. The van der Waals surface area contributed by atoms with Crippen LogP contribution in [0.5, 0.6) is 0 Å². The summed E-state index contributed by atoms with van der Waals surface area (Å²) in [5, 5.41) is 8.20. The van der Waals surface area contributed by atoms with Gasteiger partial charge in [0.2, 0.25) is 0 Å².